The molecule has 0 aromatic heterocycles. The molecule has 6 rings (SSSR count). The summed E-state index contributed by atoms with van der Waals surface area (Å²) in [5.74, 6) is 1.08. The van der Waals surface area contributed by atoms with Gasteiger partial charge in [0.15, 0.2) is 11.5 Å². The van der Waals surface area contributed by atoms with Crippen LogP contribution in [0.15, 0.2) is 97.1 Å². The highest BCUT2D eigenvalue weighted by atomic mass is 16.6. The maximum Gasteiger partial charge on any atom is 0.417 e. The van der Waals surface area contributed by atoms with Gasteiger partial charge in [0.1, 0.15) is 19.3 Å². The number of carbonyl (C=O) groups excluding carboxylic acids is 2. The van der Waals surface area contributed by atoms with Crippen LogP contribution in [-0.2, 0) is 42.0 Å². The average molecular weight is 648 g/mol. The minimum Gasteiger partial charge on any atom is -0.485 e. The van der Waals surface area contributed by atoms with Crippen molar-refractivity contribution < 1.29 is 23.8 Å². The molecular formula is C40H45N3O5. The number of nitrogens with two attached hydrogens (primary N) is 1. The lowest BCUT2D eigenvalue weighted by molar-refractivity contribution is -0.146. The third kappa shape index (κ3) is 8.43. The molecule has 250 valence electrons. The molecule has 1 heterocycles. The molecular weight excluding hydrogens is 602 g/mol. The Morgan fingerprint density at radius 3 is 2.38 bits per heavy atom. The van der Waals surface area contributed by atoms with E-state index >= 15 is 0 Å². The Balaban J connectivity index is 1.15. The maximum absolute atomic E-state index is 13.5. The first-order valence-corrected chi connectivity index (χ1v) is 17.1. The Kier molecular flexibility index (Phi) is 11.1. The lowest BCUT2D eigenvalue weighted by Gasteiger charge is -2.45. The summed E-state index contributed by atoms with van der Waals surface area (Å²) in [4.78, 5) is 28.7. The maximum atomic E-state index is 13.5. The Hall–Kier alpha value is -4.66. The number of carbonyl (C=O) groups is 2. The van der Waals surface area contributed by atoms with Crippen LogP contribution in [0.2, 0.25) is 0 Å². The lowest BCUT2D eigenvalue weighted by atomic mass is 9.75. The summed E-state index contributed by atoms with van der Waals surface area (Å²) < 4.78 is 17.8. The Labute approximate surface area is 283 Å². The largest absolute Gasteiger partial charge is 0.485 e. The van der Waals surface area contributed by atoms with E-state index in [9.17, 15) is 9.59 Å². The van der Waals surface area contributed by atoms with Gasteiger partial charge in [-0.1, -0.05) is 85.8 Å². The second-order valence-electron chi connectivity index (χ2n) is 12.8. The van der Waals surface area contributed by atoms with Crippen molar-refractivity contribution in [2.75, 3.05) is 18.4 Å². The molecule has 0 spiro atoms. The van der Waals surface area contributed by atoms with E-state index in [1.54, 1.807) is 12.1 Å². The van der Waals surface area contributed by atoms with E-state index in [0.29, 0.717) is 35.8 Å². The standard InChI is InChI=1S/C40H45N3O5/c1-2-20-43-21-10-16-32-24-34-31(25-36(32)43)18-19-37(46-26-28-11-5-3-6-12-28)38(34)48-40(45)42-33-17-9-15-30(22-33)23-35(41)39(44)47-27-29-13-7-4-8-14-29/h3-9,11-15,17-19,22,32,35-36H,2,10,16,20-21,23-27,41H2,1H3,(H,42,45)/t32-,35?,36-/m1/s1. The SMILES string of the molecule is CCCN1CCC[C@@H]2Cc3c(ccc(OCc4ccccc4)c3OC(=O)Nc3cccc(CC(N)C(=O)OCc4ccccc4)c3)C[C@H]21. The molecule has 0 radical (unpaired) electrons. The monoisotopic (exact) mass is 647 g/mol. The van der Waals surface area contributed by atoms with Gasteiger partial charge in [0.05, 0.1) is 0 Å². The van der Waals surface area contributed by atoms with Crippen molar-refractivity contribution in [3.05, 3.63) is 125 Å². The number of hydrogen-bond acceptors (Lipinski definition) is 7. The zero-order valence-electron chi connectivity index (χ0n) is 27.6. The van der Waals surface area contributed by atoms with Gasteiger partial charge in [0, 0.05) is 17.3 Å². The van der Waals surface area contributed by atoms with Crippen molar-refractivity contribution in [3.8, 4) is 11.5 Å². The van der Waals surface area contributed by atoms with Gasteiger partial charge in [-0.05, 0) is 98.0 Å². The lowest BCUT2D eigenvalue weighted by Crippen LogP contribution is -2.49. The Bertz CT molecular complexity index is 1680. The number of piperidine rings is 1. The van der Waals surface area contributed by atoms with Crippen LogP contribution in [0.3, 0.4) is 0 Å². The van der Waals surface area contributed by atoms with Gasteiger partial charge in [-0.3, -0.25) is 15.0 Å². The van der Waals surface area contributed by atoms with Gasteiger partial charge in [-0.25, -0.2) is 4.79 Å². The molecule has 1 aliphatic heterocycles. The fourth-order valence-corrected chi connectivity index (χ4v) is 7.01. The first kappa shape index (κ1) is 33.2. The molecule has 1 saturated heterocycles. The predicted octanol–water partition coefficient (Wildman–Crippen LogP) is 7.08. The van der Waals surface area contributed by atoms with Crippen LogP contribution >= 0.6 is 0 Å². The van der Waals surface area contributed by atoms with Crippen molar-refractivity contribution in [2.45, 2.75) is 70.7 Å². The van der Waals surface area contributed by atoms with Crippen molar-refractivity contribution in [2.24, 2.45) is 11.7 Å². The van der Waals surface area contributed by atoms with Crippen LogP contribution in [0.4, 0.5) is 10.5 Å². The number of esters is 1. The summed E-state index contributed by atoms with van der Waals surface area (Å²) >= 11 is 0. The van der Waals surface area contributed by atoms with Crippen molar-refractivity contribution in [1.29, 1.82) is 0 Å². The van der Waals surface area contributed by atoms with Crippen molar-refractivity contribution in [3.63, 3.8) is 0 Å². The minimum atomic E-state index is -0.840. The molecule has 48 heavy (non-hydrogen) atoms. The van der Waals surface area contributed by atoms with Gasteiger partial charge < -0.3 is 19.9 Å². The normalized spacial score (nSPS) is 17.8. The molecule has 8 heteroatoms. The number of likely N-dealkylation sites (tertiary alicyclic amines) is 1. The molecule has 1 amide bonds. The molecule has 4 aromatic carbocycles. The molecule has 0 bridgehead atoms. The summed E-state index contributed by atoms with van der Waals surface area (Å²) in [7, 11) is 0. The van der Waals surface area contributed by atoms with Crippen LogP contribution < -0.4 is 20.5 Å². The molecule has 4 aromatic rings. The molecule has 1 aliphatic carbocycles. The Morgan fingerprint density at radius 1 is 0.896 bits per heavy atom. The number of nitrogens with zero attached hydrogens (tertiary/aromatic N) is 1. The van der Waals surface area contributed by atoms with E-state index in [1.165, 1.54) is 18.4 Å². The predicted molar refractivity (Wildman–Crippen MR) is 187 cm³/mol. The van der Waals surface area contributed by atoms with E-state index in [4.69, 9.17) is 19.9 Å². The Morgan fingerprint density at radius 2 is 1.62 bits per heavy atom. The molecule has 1 unspecified atom stereocenters. The highest BCUT2D eigenvalue weighted by molar-refractivity contribution is 5.87. The van der Waals surface area contributed by atoms with Crippen LogP contribution in [0.25, 0.3) is 0 Å². The molecule has 0 saturated carbocycles. The van der Waals surface area contributed by atoms with Crippen molar-refractivity contribution >= 4 is 17.7 Å². The minimum absolute atomic E-state index is 0.166. The fraction of sp³-hybridized carbons (Fsp3) is 0.350. The second-order valence-corrected chi connectivity index (χ2v) is 12.8. The molecule has 2 aliphatic rings. The first-order valence-electron chi connectivity index (χ1n) is 17.1. The topological polar surface area (TPSA) is 103 Å². The number of fused-ring (bicyclic) bond motifs is 2. The number of anilines is 1. The van der Waals surface area contributed by atoms with Gasteiger partial charge in [-0.15, -0.1) is 0 Å². The first-order chi connectivity index (χ1) is 23.5. The zero-order valence-corrected chi connectivity index (χ0v) is 27.6. The van der Waals surface area contributed by atoms with Crippen LogP contribution in [0.1, 0.15) is 54.0 Å². The molecule has 3 atom stereocenters. The van der Waals surface area contributed by atoms with Crippen LogP contribution in [-0.4, -0.2) is 42.1 Å². The molecule has 8 nitrogen and oxygen atoms in total. The highest BCUT2D eigenvalue weighted by Crippen LogP contribution is 2.43. The van der Waals surface area contributed by atoms with Gasteiger partial charge in [0.2, 0.25) is 0 Å². The van der Waals surface area contributed by atoms with E-state index in [2.05, 4.69) is 23.2 Å². The number of hydrogen-bond donors (Lipinski definition) is 2. The summed E-state index contributed by atoms with van der Waals surface area (Å²) in [6, 6.07) is 30.5. The number of amides is 1. The van der Waals surface area contributed by atoms with Gasteiger partial charge in [0.25, 0.3) is 0 Å². The summed E-state index contributed by atoms with van der Waals surface area (Å²) in [6.07, 6.45) is 4.94. The summed E-state index contributed by atoms with van der Waals surface area (Å²) in [5, 5.41) is 2.89. The van der Waals surface area contributed by atoms with Gasteiger partial charge >= 0.3 is 12.1 Å². The number of ether oxygens (including phenoxy) is 3. The molecule has 1 fully saturated rings. The third-order valence-corrected chi connectivity index (χ3v) is 9.35. The third-order valence-electron chi connectivity index (χ3n) is 9.35. The average Bonchev–Trinajstić information content (AvgIpc) is 3.11. The van der Waals surface area contributed by atoms with Gasteiger partial charge in [-0.2, -0.15) is 0 Å². The smallest absolute Gasteiger partial charge is 0.417 e. The summed E-state index contributed by atoms with van der Waals surface area (Å²) in [6.45, 7) is 5.03. The second kappa shape index (κ2) is 16.0. The van der Waals surface area contributed by atoms with E-state index in [-0.39, 0.29) is 13.0 Å². The van der Waals surface area contributed by atoms with E-state index in [0.717, 1.165) is 54.6 Å². The van der Waals surface area contributed by atoms with Crippen LogP contribution in [0, 0.1) is 5.92 Å². The van der Waals surface area contributed by atoms with Crippen molar-refractivity contribution in [1.82, 2.24) is 4.90 Å². The highest BCUT2D eigenvalue weighted by Gasteiger charge is 2.37. The summed E-state index contributed by atoms with van der Waals surface area (Å²) in [5.41, 5.74) is 11.7. The number of rotatable bonds is 12. The van der Waals surface area contributed by atoms with Crippen LogP contribution in [0.5, 0.6) is 11.5 Å². The fourth-order valence-electron chi connectivity index (χ4n) is 7.01. The quantitative estimate of drug-likeness (QED) is 0.159. The van der Waals surface area contributed by atoms with E-state index < -0.39 is 18.1 Å². The number of nitrogens with one attached hydrogen (secondary N) is 1. The zero-order chi connectivity index (χ0) is 33.3. The molecule has 3 N–H and O–H groups in total. The van der Waals surface area contributed by atoms with E-state index in [1.807, 2.05) is 78.9 Å². The number of benzene rings is 4.